The zero-order chi connectivity index (χ0) is 11.7. The van der Waals surface area contributed by atoms with Gasteiger partial charge in [-0.1, -0.05) is 24.6 Å². The van der Waals surface area contributed by atoms with Crippen LogP contribution in [0.25, 0.3) is 10.6 Å². The van der Waals surface area contributed by atoms with Crippen LogP contribution in [0.5, 0.6) is 0 Å². The van der Waals surface area contributed by atoms with Gasteiger partial charge in [0.1, 0.15) is 5.01 Å². The van der Waals surface area contributed by atoms with Crippen molar-refractivity contribution in [2.45, 2.75) is 34.1 Å². The number of rotatable bonds is 2. The molecular weight excluding hydrogens is 214 g/mol. The summed E-state index contributed by atoms with van der Waals surface area (Å²) in [5.41, 5.74) is 5.07. The molecule has 2 aromatic rings. The average Bonchev–Trinajstić information content (AvgIpc) is 2.63. The minimum Gasteiger partial charge on any atom is -0.241 e. The van der Waals surface area contributed by atoms with E-state index in [9.17, 15) is 0 Å². The Kier molecular flexibility index (Phi) is 3.10. The molecule has 0 bridgehead atoms. The Balaban J connectivity index is 2.53. The van der Waals surface area contributed by atoms with E-state index in [2.05, 4.69) is 50.9 Å². The molecule has 0 saturated heterocycles. The molecule has 0 aliphatic rings. The third-order valence-corrected chi connectivity index (χ3v) is 4.17. The molecule has 1 aromatic carbocycles. The summed E-state index contributed by atoms with van der Waals surface area (Å²) < 4.78 is 0. The van der Waals surface area contributed by atoms with Crippen LogP contribution in [-0.4, -0.2) is 4.98 Å². The predicted octanol–water partition coefficient (Wildman–Crippen LogP) is 4.30. The highest BCUT2D eigenvalue weighted by Gasteiger charge is 2.10. The van der Waals surface area contributed by atoms with Crippen molar-refractivity contribution in [2.24, 2.45) is 0 Å². The van der Waals surface area contributed by atoms with E-state index in [1.807, 2.05) is 11.3 Å². The highest BCUT2D eigenvalue weighted by Crippen LogP contribution is 2.30. The van der Waals surface area contributed by atoms with Crippen LogP contribution in [0.15, 0.2) is 18.2 Å². The van der Waals surface area contributed by atoms with E-state index in [1.165, 1.54) is 27.3 Å². The minimum absolute atomic E-state index is 1.08. The molecule has 0 spiro atoms. The lowest BCUT2D eigenvalue weighted by Crippen LogP contribution is -1.84. The quantitative estimate of drug-likeness (QED) is 0.751. The molecule has 16 heavy (non-hydrogen) atoms. The average molecular weight is 231 g/mol. The van der Waals surface area contributed by atoms with Crippen molar-refractivity contribution in [3.05, 3.63) is 39.9 Å². The van der Waals surface area contributed by atoms with Gasteiger partial charge in [0, 0.05) is 10.4 Å². The first-order chi connectivity index (χ1) is 7.61. The van der Waals surface area contributed by atoms with Gasteiger partial charge in [0.15, 0.2) is 0 Å². The van der Waals surface area contributed by atoms with Crippen LogP contribution < -0.4 is 0 Å². The molecule has 0 amide bonds. The minimum atomic E-state index is 1.08. The molecule has 1 heterocycles. The molecule has 2 rings (SSSR count). The summed E-state index contributed by atoms with van der Waals surface area (Å²) in [6, 6.07) is 6.56. The lowest BCUT2D eigenvalue weighted by Gasteiger charge is -2.03. The first kappa shape index (κ1) is 11.3. The summed E-state index contributed by atoms with van der Waals surface area (Å²) in [6.07, 6.45) is 1.08. The fraction of sp³-hybridized carbons (Fsp3) is 0.357. The first-order valence-electron chi connectivity index (χ1n) is 5.65. The normalized spacial score (nSPS) is 10.8. The number of aromatic nitrogens is 1. The molecule has 0 saturated carbocycles. The second-order valence-corrected chi connectivity index (χ2v) is 5.28. The maximum atomic E-state index is 4.67. The summed E-state index contributed by atoms with van der Waals surface area (Å²) >= 11 is 1.82. The van der Waals surface area contributed by atoms with Crippen molar-refractivity contribution in [3.8, 4) is 10.6 Å². The van der Waals surface area contributed by atoms with E-state index in [0.29, 0.717) is 0 Å². The van der Waals surface area contributed by atoms with Gasteiger partial charge in [-0.15, -0.1) is 11.3 Å². The van der Waals surface area contributed by atoms with E-state index in [0.717, 1.165) is 11.4 Å². The second kappa shape index (κ2) is 4.38. The smallest absolute Gasteiger partial charge is 0.124 e. The zero-order valence-electron chi connectivity index (χ0n) is 10.3. The van der Waals surface area contributed by atoms with Gasteiger partial charge in [0.25, 0.3) is 0 Å². The number of hydrogen-bond donors (Lipinski definition) is 0. The Hall–Kier alpha value is -1.15. The van der Waals surface area contributed by atoms with E-state index in [4.69, 9.17) is 0 Å². The van der Waals surface area contributed by atoms with Crippen molar-refractivity contribution in [1.29, 1.82) is 0 Å². The van der Waals surface area contributed by atoms with Crippen LogP contribution in [0.3, 0.4) is 0 Å². The van der Waals surface area contributed by atoms with Crippen molar-refractivity contribution in [3.63, 3.8) is 0 Å². The van der Waals surface area contributed by atoms with Crippen LogP contribution >= 0.6 is 11.3 Å². The van der Waals surface area contributed by atoms with Gasteiger partial charge < -0.3 is 0 Å². The molecule has 0 radical (unpaired) electrons. The monoisotopic (exact) mass is 231 g/mol. The van der Waals surface area contributed by atoms with E-state index < -0.39 is 0 Å². The number of hydrogen-bond acceptors (Lipinski definition) is 2. The van der Waals surface area contributed by atoms with Gasteiger partial charge in [0.05, 0.1) is 5.69 Å². The second-order valence-electron chi connectivity index (χ2n) is 4.20. The van der Waals surface area contributed by atoms with Gasteiger partial charge >= 0.3 is 0 Å². The number of benzene rings is 1. The maximum Gasteiger partial charge on any atom is 0.124 e. The molecular formula is C14H17NS. The third-order valence-electron chi connectivity index (χ3n) is 2.84. The van der Waals surface area contributed by atoms with Gasteiger partial charge in [-0.25, -0.2) is 4.98 Å². The molecule has 0 N–H and O–H groups in total. The Morgan fingerprint density at radius 1 is 1.19 bits per heavy atom. The molecule has 84 valence electrons. The molecule has 1 nitrogen and oxygen atoms in total. The van der Waals surface area contributed by atoms with Gasteiger partial charge in [-0.05, 0) is 38.8 Å². The van der Waals surface area contributed by atoms with E-state index >= 15 is 0 Å². The van der Waals surface area contributed by atoms with Crippen LogP contribution in [-0.2, 0) is 6.42 Å². The first-order valence-corrected chi connectivity index (χ1v) is 6.47. The summed E-state index contributed by atoms with van der Waals surface area (Å²) in [5, 5.41) is 1.16. The van der Waals surface area contributed by atoms with Gasteiger partial charge in [-0.2, -0.15) is 0 Å². The standard InChI is InChI=1S/C14H17NS/c1-5-13-11(4)15-14(16-13)12-8-9(2)6-7-10(12)3/h6-8H,5H2,1-4H3. The number of thiazole rings is 1. The Morgan fingerprint density at radius 3 is 2.56 bits per heavy atom. The molecule has 0 aliphatic heterocycles. The Morgan fingerprint density at radius 2 is 1.94 bits per heavy atom. The summed E-state index contributed by atoms with van der Waals surface area (Å²) in [5.74, 6) is 0. The van der Waals surface area contributed by atoms with E-state index in [1.54, 1.807) is 0 Å². The van der Waals surface area contributed by atoms with Crippen LogP contribution in [0.2, 0.25) is 0 Å². The molecule has 0 atom stereocenters. The molecule has 1 aromatic heterocycles. The third kappa shape index (κ3) is 2.03. The molecule has 0 aliphatic carbocycles. The topological polar surface area (TPSA) is 12.9 Å². The highest BCUT2D eigenvalue weighted by atomic mass is 32.1. The van der Waals surface area contributed by atoms with Gasteiger partial charge in [0.2, 0.25) is 0 Å². The lowest BCUT2D eigenvalue weighted by molar-refractivity contribution is 1.11. The zero-order valence-corrected chi connectivity index (χ0v) is 11.1. The van der Waals surface area contributed by atoms with Crippen LogP contribution in [0.4, 0.5) is 0 Å². The van der Waals surface area contributed by atoms with E-state index in [-0.39, 0.29) is 0 Å². The van der Waals surface area contributed by atoms with Crippen molar-refractivity contribution in [1.82, 2.24) is 4.98 Å². The molecule has 0 fully saturated rings. The van der Waals surface area contributed by atoms with Crippen molar-refractivity contribution in [2.75, 3.05) is 0 Å². The number of aryl methyl sites for hydroxylation is 4. The molecule has 0 unspecified atom stereocenters. The number of nitrogens with zero attached hydrogens (tertiary/aromatic N) is 1. The largest absolute Gasteiger partial charge is 0.241 e. The highest BCUT2D eigenvalue weighted by molar-refractivity contribution is 7.15. The van der Waals surface area contributed by atoms with Gasteiger partial charge in [-0.3, -0.25) is 0 Å². The SMILES string of the molecule is CCc1sc(-c2cc(C)ccc2C)nc1C. The summed E-state index contributed by atoms with van der Waals surface area (Å²) in [4.78, 5) is 6.07. The maximum absolute atomic E-state index is 4.67. The Bertz CT molecular complexity index is 511. The fourth-order valence-corrected chi connectivity index (χ4v) is 2.92. The van der Waals surface area contributed by atoms with Crippen molar-refractivity contribution < 1.29 is 0 Å². The van der Waals surface area contributed by atoms with Crippen LogP contribution in [0, 0.1) is 20.8 Å². The summed E-state index contributed by atoms with van der Waals surface area (Å²) in [7, 11) is 0. The Labute approximate surface area is 101 Å². The predicted molar refractivity (Wildman–Crippen MR) is 71.1 cm³/mol. The summed E-state index contributed by atoms with van der Waals surface area (Å²) in [6.45, 7) is 8.57. The van der Waals surface area contributed by atoms with Crippen LogP contribution in [0.1, 0.15) is 28.6 Å². The lowest BCUT2D eigenvalue weighted by atomic mass is 10.1. The van der Waals surface area contributed by atoms with Crippen molar-refractivity contribution >= 4 is 11.3 Å². The fourth-order valence-electron chi connectivity index (χ4n) is 1.84. The molecule has 2 heteroatoms.